The third kappa shape index (κ3) is 4.45. The number of carbonyl (C=O) groups excluding carboxylic acids is 1. The van der Waals surface area contributed by atoms with Gasteiger partial charge in [-0.25, -0.2) is 12.8 Å². The molecule has 4 rings (SSSR count). The fourth-order valence-electron chi connectivity index (χ4n) is 4.96. The van der Waals surface area contributed by atoms with Crippen LogP contribution in [0.3, 0.4) is 0 Å². The molecular formula is C25H25F4N3O3S. The fraction of sp³-hybridized carbons (Fsp3) is 0.360. The molecule has 2 fully saturated rings. The van der Waals surface area contributed by atoms with Gasteiger partial charge in [-0.1, -0.05) is 24.8 Å². The molecule has 2 heterocycles. The number of sulfonamides is 1. The molecule has 0 N–H and O–H groups in total. The number of amides is 1. The van der Waals surface area contributed by atoms with Gasteiger partial charge in [-0.15, -0.1) is 6.58 Å². The SMILES string of the molecule is C=Cc1ncc(C(F)(F)F)cc1C(=O)N(C(C)C=C)C1CC2(C1)CN(S(=O)(=O)c1ccccc1F)C2. The molecule has 1 amide bonds. The second-order valence-electron chi connectivity index (χ2n) is 9.31. The molecule has 1 saturated carbocycles. The molecule has 1 spiro atoms. The van der Waals surface area contributed by atoms with Gasteiger partial charge in [0.15, 0.2) is 0 Å². The number of halogens is 4. The van der Waals surface area contributed by atoms with E-state index in [1.165, 1.54) is 39.6 Å². The second-order valence-corrected chi connectivity index (χ2v) is 11.2. The molecule has 1 atom stereocenters. The molecule has 1 aromatic heterocycles. The summed E-state index contributed by atoms with van der Waals surface area (Å²) in [6, 6.07) is 5.10. The van der Waals surface area contributed by atoms with Gasteiger partial charge in [0.25, 0.3) is 5.91 Å². The van der Waals surface area contributed by atoms with E-state index in [2.05, 4.69) is 18.1 Å². The summed E-state index contributed by atoms with van der Waals surface area (Å²) in [5.41, 5.74) is -1.60. The summed E-state index contributed by atoms with van der Waals surface area (Å²) in [4.78, 5) is 18.3. The van der Waals surface area contributed by atoms with Crippen LogP contribution in [0.15, 0.2) is 60.7 Å². The van der Waals surface area contributed by atoms with Crippen molar-refractivity contribution in [2.45, 2.75) is 42.9 Å². The average molecular weight is 524 g/mol. The first-order valence-electron chi connectivity index (χ1n) is 11.2. The Balaban J connectivity index is 1.53. The molecule has 0 radical (unpaired) electrons. The first-order chi connectivity index (χ1) is 16.8. The Labute approximate surface area is 207 Å². The molecule has 1 aromatic carbocycles. The number of hydrogen-bond acceptors (Lipinski definition) is 4. The van der Waals surface area contributed by atoms with Crippen LogP contribution in [0.5, 0.6) is 0 Å². The highest BCUT2D eigenvalue weighted by Crippen LogP contribution is 2.52. The largest absolute Gasteiger partial charge is 0.417 e. The average Bonchev–Trinajstić information content (AvgIpc) is 2.77. The quantitative estimate of drug-likeness (QED) is 0.388. The van der Waals surface area contributed by atoms with Gasteiger partial charge in [-0.3, -0.25) is 9.78 Å². The zero-order chi connectivity index (χ0) is 26.5. The molecule has 1 saturated heterocycles. The maximum atomic E-state index is 14.1. The van der Waals surface area contributed by atoms with Crippen molar-refractivity contribution in [3.05, 3.63) is 78.4 Å². The highest BCUT2D eigenvalue weighted by atomic mass is 32.2. The van der Waals surface area contributed by atoms with Crippen molar-refractivity contribution in [2.24, 2.45) is 5.41 Å². The molecule has 1 unspecified atom stereocenters. The lowest BCUT2D eigenvalue weighted by atomic mass is 9.61. The Morgan fingerprint density at radius 1 is 1.25 bits per heavy atom. The number of nitrogens with zero attached hydrogens (tertiary/aromatic N) is 3. The van der Waals surface area contributed by atoms with Crippen molar-refractivity contribution in [3.63, 3.8) is 0 Å². The normalized spacial score (nSPS) is 18.7. The second kappa shape index (κ2) is 9.11. The van der Waals surface area contributed by atoms with E-state index in [9.17, 15) is 30.8 Å². The zero-order valence-corrected chi connectivity index (χ0v) is 20.3. The lowest BCUT2D eigenvalue weighted by Gasteiger charge is -2.60. The Hall–Kier alpha value is -3.05. The zero-order valence-electron chi connectivity index (χ0n) is 19.5. The third-order valence-corrected chi connectivity index (χ3v) is 8.72. The van der Waals surface area contributed by atoms with Crippen molar-refractivity contribution in [1.29, 1.82) is 0 Å². The molecule has 2 aliphatic rings. The molecular weight excluding hydrogens is 498 g/mol. The predicted molar refractivity (Wildman–Crippen MR) is 126 cm³/mol. The molecule has 1 aliphatic carbocycles. The molecule has 2 aromatic rings. The summed E-state index contributed by atoms with van der Waals surface area (Å²) in [6.45, 7) is 9.33. The number of benzene rings is 1. The smallest absolute Gasteiger partial charge is 0.329 e. The van der Waals surface area contributed by atoms with Gasteiger partial charge in [0.1, 0.15) is 10.7 Å². The minimum Gasteiger partial charge on any atom is -0.329 e. The Morgan fingerprint density at radius 2 is 1.89 bits per heavy atom. The van der Waals surface area contributed by atoms with Crippen molar-refractivity contribution < 1.29 is 30.8 Å². The maximum Gasteiger partial charge on any atom is 0.417 e. The van der Waals surface area contributed by atoms with E-state index in [1.807, 2.05) is 0 Å². The molecule has 11 heteroatoms. The lowest BCUT2D eigenvalue weighted by Crippen LogP contribution is -2.68. The van der Waals surface area contributed by atoms with Crippen molar-refractivity contribution in [2.75, 3.05) is 13.1 Å². The Kier molecular flexibility index (Phi) is 6.59. The summed E-state index contributed by atoms with van der Waals surface area (Å²) in [7, 11) is -3.99. The van der Waals surface area contributed by atoms with Gasteiger partial charge in [0, 0.05) is 36.8 Å². The van der Waals surface area contributed by atoms with Crippen LogP contribution in [-0.4, -0.2) is 53.7 Å². The summed E-state index contributed by atoms with van der Waals surface area (Å²) in [5.74, 6) is -1.46. The van der Waals surface area contributed by atoms with Crippen LogP contribution in [0.4, 0.5) is 17.6 Å². The van der Waals surface area contributed by atoms with Crippen LogP contribution in [0.2, 0.25) is 0 Å². The first-order valence-corrected chi connectivity index (χ1v) is 12.7. The predicted octanol–water partition coefficient (Wildman–Crippen LogP) is 4.75. The van der Waals surface area contributed by atoms with Crippen LogP contribution >= 0.6 is 0 Å². The number of hydrogen-bond donors (Lipinski definition) is 0. The van der Waals surface area contributed by atoms with Gasteiger partial charge >= 0.3 is 6.18 Å². The standard InChI is InChI=1S/C25H25F4N3O3S/c1-4-16(3)32(23(33)19-10-17(25(27,28)29)13-30-21(19)5-2)18-11-24(12-18)14-31(15-24)36(34,35)22-9-7-6-8-20(22)26/h4-10,13,16,18H,1-2,11-12,14-15H2,3H3. The Morgan fingerprint density at radius 3 is 2.44 bits per heavy atom. The number of aromatic nitrogens is 1. The van der Waals surface area contributed by atoms with Gasteiger partial charge in [0.05, 0.1) is 16.8 Å². The van der Waals surface area contributed by atoms with Crippen LogP contribution in [0, 0.1) is 11.2 Å². The Bertz CT molecular complexity index is 1310. The van der Waals surface area contributed by atoms with E-state index in [0.29, 0.717) is 19.0 Å². The molecule has 1 aliphatic heterocycles. The summed E-state index contributed by atoms with van der Waals surface area (Å²) >= 11 is 0. The molecule has 6 nitrogen and oxygen atoms in total. The number of rotatable bonds is 7. The maximum absolute atomic E-state index is 14.1. The van der Waals surface area contributed by atoms with Gasteiger partial charge < -0.3 is 4.90 Å². The topological polar surface area (TPSA) is 70.6 Å². The first kappa shape index (κ1) is 26.0. The number of carbonyl (C=O) groups is 1. The van der Waals surface area contributed by atoms with Crippen LogP contribution in [-0.2, 0) is 16.2 Å². The fourth-order valence-corrected chi connectivity index (χ4v) is 6.69. The van der Waals surface area contributed by atoms with Gasteiger partial charge in [-0.05, 0) is 44.0 Å². The van der Waals surface area contributed by atoms with E-state index in [1.54, 1.807) is 6.92 Å². The lowest BCUT2D eigenvalue weighted by molar-refractivity contribution is -0.137. The van der Waals surface area contributed by atoms with Crippen molar-refractivity contribution in [3.8, 4) is 0 Å². The third-order valence-electron chi connectivity index (χ3n) is 6.89. The van der Waals surface area contributed by atoms with Crippen molar-refractivity contribution >= 4 is 22.0 Å². The highest BCUT2D eigenvalue weighted by molar-refractivity contribution is 7.89. The van der Waals surface area contributed by atoms with Crippen LogP contribution in [0.1, 0.15) is 41.4 Å². The summed E-state index contributed by atoms with van der Waals surface area (Å²) < 4.78 is 80.7. The van der Waals surface area contributed by atoms with Crippen LogP contribution in [0.25, 0.3) is 6.08 Å². The monoisotopic (exact) mass is 523 g/mol. The molecule has 0 bridgehead atoms. The number of pyridine rings is 1. The van der Waals surface area contributed by atoms with E-state index in [4.69, 9.17) is 0 Å². The van der Waals surface area contributed by atoms with Crippen molar-refractivity contribution in [1.82, 2.24) is 14.2 Å². The molecule has 36 heavy (non-hydrogen) atoms. The molecule has 192 valence electrons. The van der Waals surface area contributed by atoms with Gasteiger partial charge in [0.2, 0.25) is 10.0 Å². The summed E-state index contributed by atoms with van der Waals surface area (Å²) in [6.07, 6.45) is -0.355. The number of alkyl halides is 3. The minimum atomic E-state index is -4.67. The van der Waals surface area contributed by atoms with Crippen LogP contribution < -0.4 is 0 Å². The van der Waals surface area contributed by atoms with E-state index < -0.39 is 39.5 Å². The minimum absolute atomic E-state index is 0.0362. The van der Waals surface area contributed by atoms with E-state index >= 15 is 0 Å². The highest BCUT2D eigenvalue weighted by Gasteiger charge is 2.58. The summed E-state index contributed by atoms with van der Waals surface area (Å²) in [5, 5.41) is 0. The van der Waals surface area contributed by atoms with E-state index in [-0.39, 0.29) is 40.7 Å². The van der Waals surface area contributed by atoms with E-state index in [0.717, 1.165) is 12.1 Å². The van der Waals surface area contributed by atoms with Gasteiger partial charge in [-0.2, -0.15) is 17.5 Å².